The van der Waals surface area contributed by atoms with Crippen molar-refractivity contribution < 1.29 is 4.79 Å². The highest BCUT2D eigenvalue weighted by atomic mass is 16.1. The Balaban J connectivity index is 2.11. The molecule has 0 unspecified atom stereocenters. The van der Waals surface area contributed by atoms with Crippen LogP contribution in [0.15, 0.2) is 12.3 Å². The second-order valence-electron chi connectivity index (χ2n) is 4.82. The number of unbranched alkanes of at least 4 members (excludes halogenated alkanes) is 1. The van der Waals surface area contributed by atoms with E-state index in [1.54, 1.807) is 10.7 Å². The van der Waals surface area contributed by atoms with E-state index in [4.69, 9.17) is 0 Å². The number of nitrogens with zero attached hydrogens (tertiary/aromatic N) is 3. The van der Waals surface area contributed by atoms with E-state index in [2.05, 4.69) is 22.3 Å². The van der Waals surface area contributed by atoms with Crippen LogP contribution in [0.4, 0.5) is 0 Å². The Bertz CT molecular complexity index is 588. The van der Waals surface area contributed by atoms with Crippen LogP contribution in [0.1, 0.15) is 43.1 Å². The second kappa shape index (κ2) is 5.82. The van der Waals surface area contributed by atoms with Gasteiger partial charge in [-0.3, -0.25) is 4.79 Å². The first-order chi connectivity index (χ1) is 9.11. The Morgan fingerprint density at radius 3 is 2.95 bits per heavy atom. The summed E-state index contributed by atoms with van der Waals surface area (Å²) in [5.41, 5.74) is 3.79. The maximum Gasteiger partial charge on any atom is 0.220 e. The van der Waals surface area contributed by atoms with Crippen LogP contribution in [-0.4, -0.2) is 20.5 Å². The van der Waals surface area contributed by atoms with Crippen LogP contribution in [-0.2, 0) is 11.3 Å². The van der Waals surface area contributed by atoms with Crippen molar-refractivity contribution in [2.45, 2.75) is 46.6 Å². The highest BCUT2D eigenvalue weighted by molar-refractivity contribution is 5.76. The summed E-state index contributed by atoms with van der Waals surface area (Å²) in [7, 11) is 0. The fourth-order valence-corrected chi connectivity index (χ4v) is 2.06. The lowest BCUT2D eigenvalue weighted by molar-refractivity contribution is -0.121. The SMILES string of the molecule is CCCCC(=O)NCc1cnn2c(C)cc(C)nc12. The van der Waals surface area contributed by atoms with Crippen LogP contribution in [0.5, 0.6) is 0 Å². The van der Waals surface area contributed by atoms with Gasteiger partial charge >= 0.3 is 0 Å². The normalized spacial score (nSPS) is 10.9. The van der Waals surface area contributed by atoms with E-state index in [9.17, 15) is 4.79 Å². The Hall–Kier alpha value is -1.91. The lowest BCUT2D eigenvalue weighted by Gasteiger charge is -2.04. The van der Waals surface area contributed by atoms with E-state index in [1.165, 1.54) is 0 Å². The van der Waals surface area contributed by atoms with E-state index >= 15 is 0 Å². The molecule has 0 spiro atoms. The minimum atomic E-state index is 0.0885. The third-order valence-corrected chi connectivity index (χ3v) is 3.08. The third-order valence-electron chi connectivity index (χ3n) is 3.08. The molecule has 2 rings (SSSR count). The molecule has 2 aromatic rings. The van der Waals surface area contributed by atoms with Gasteiger partial charge in [-0.1, -0.05) is 13.3 Å². The summed E-state index contributed by atoms with van der Waals surface area (Å²) in [6.45, 7) is 6.53. The molecule has 1 N–H and O–H groups in total. The molecule has 0 aliphatic heterocycles. The molecule has 2 aromatic heterocycles. The molecular formula is C14H20N4O. The van der Waals surface area contributed by atoms with Crippen LogP contribution < -0.4 is 5.32 Å². The van der Waals surface area contributed by atoms with Crippen LogP contribution in [0.3, 0.4) is 0 Å². The highest BCUT2D eigenvalue weighted by Gasteiger charge is 2.09. The number of aryl methyl sites for hydroxylation is 2. The molecule has 0 saturated heterocycles. The van der Waals surface area contributed by atoms with E-state index in [-0.39, 0.29) is 5.91 Å². The van der Waals surface area contributed by atoms with Crippen molar-refractivity contribution in [3.63, 3.8) is 0 Å². The van der Waals surface area contributed by atoms with Crippen LogP contribution in [0, 0.1) is 13.8 Å². The standard InChI is InChI=1S/C14H20N4O/c1-4-5-6-13(19)15-8-12-9-16-18-11(3)7-10(2)17-14(12)18/h7,9H,4-6,8H2,1-3H3,(H,15,19). The van der Waals surface area contributed by atoms with Gasteiger partial charge in [0.2, 0.25) is 5.91 Å². The first-order valence-electron chi connectivity index (χ1n) is 6.69. The maximum absolute atomic E-state index is 11.6. The van der Waals surface area contributed by atoms with Crippen molar-refractivity contribution >= 4 is 11.6 Å². The number of aromatic nitrogens is 3. The lowest BCUT2D eigenvalue weighted by Crippen LogP contribution is -2.22. The molecule has 2 heterocycles. The van der Waals surface area contributed by atoms with Gasteiger partial charge in [-0.25, -0.2) is 9.50 Å². The quantitative estimate of drug-likeness (QED) is 0.896. The van der Waals surface area contributed by atoms with Crippen LogP contribution in [0.2, 0.25) is 0 Å². The van der Waals surface area contributed by atoms with E-state index in [0.717, 1.165) is 35.4 Å². The molecule has 19 heavy (non-hydrogen) atoms. The monoisotopic (exact) mass is 260 g/mol. The van der Waals surface area contributed by atoms with Gasteiger partial charge in [0.25, 0.3) is 0 Å². The maximum atomic E-state index is 11.6. The number of rotatable bonds is 5. The van der Waals surface area contributed by atoms with Crippen molar-refractivity contribution in [2.24, 2.45) is 0 Å². The summed E-state index contributed by atoms with van der Waals surface area (Å²) in [4.78, 5) is 16.1. The smallest absolute Gasteiger partial charge is 0.220 e. The average molecular weight is 260 g/mol. The van der Waals surface area contributed by atoms with Crippen molar-refractivity contribution in [3.05, 3.63) is 29.2 Å². The molecule has 0 fully saturated rings. The predicted molar refractivity (Wildman–Crippen MR) is 73.8 cm³/mol. The average Bonchev–Trinajstić information content (AvgIpc) is 2.77. The molecule has 5 nitrogen and oxygen atoms in total. The van der Waals surface area contributed by atoms with E-state index in [0.29, 0.717) is 13.0 Å². The molecule has 0 saturated carbocycles. The number of fused-ring (bicyclic) bond motifs is 1. The lowest BCUT2D eigenvalue weighted by atomic mass is 10.2. The Morgan fingerprint density at radius 1 is 1.42 bits per heavy atom. The van der Waals surface area contributed by atoms with Gasteiger partial charge in [0.1, 0.15) is 0 Å². The summed E-state index contributed by atoms with van der Waals surface area (Å²) in [5, 5.41) is 7.22. The van der Waals surface area contributed by atoms with Gasteiger partial charge in [0, 0.05) is 29.9 Å². The van der Waals surface area contributed by atoms with Gasteiger partial charge in [-0.2, -0.15) is 5.10 Å². The molecule has 5 heteroatoms. The van der Waals surface area contributed by atoms with Crippen LogP contribution in [0.25, 0.3) is 5.65 Å². The fourth-order valence-electron chi connectivity index (χ4n) is 2.06. The summed E-state index contributed by atoms with van der Waals surface area (Å²) in [5.74, 6) is 0.0885. The molecule has 1 amide bonds. The van der Waals surface area contributed by atoms with E-state index in [1.807, 2.05) is 19.9 Å². The topological polar surface area (TPSA) is 59.3 Å². The second-order valence-corrected chi connectivity index (χ2v) is 4.82. The van der Waals surface area contributed by atoms with E-state index < -0.39 is 0 Å². The molecule has 102 valence electrons. The first kappa shape index (κ1) is 13.5. The van der Waals surface area contributed by atoms with Crippen molar-refractivity contribution in [2.75, 3.05) is 0 Å². The zero-order chi connectivity index (χ0) is 13.8. The largest absolute Gasteiger partial charge is 0.352 e. The fraction of sp³-hybridized carbons (Fsp3) is 0.500. The Labute approximate surface area is 113 Å². The summed E-state index contributed by atoms with van der Waals surface area (Å²) >= 11 is 0. The van der Waals surface area contributed by atoms with Gasteiger partial charge < -0.3 is 5.32 Å². The van der Waals surface area contributed by atoms with Crippen molar-refractivity contribution in [1.29, 1.82) is 0 Å². The number of amides is 1. The Kier molecular flexibility index (Phi) is 4.14. The number of hydrogen-bond donors (Lipinski definition) is 1. The van der Waals surface area contributed by atoms with Gasteiger partial charge in [0.05, 0.1) is 6.20 Å². The summed E-state index contributed by atoms with van der Waals surface area (Å²) in [6, 6.07) is 1.99. The number of carbonyl (C=O) groups excluding carboxylic acids is 1. The van der Waals surface area contributed by atoms with Gasteiger partial charge in [-0.05, 0) is 26.3 Å². The molecule has 0 aliphatic carbocycles. The molecule has 0 aliphatic rings. The van der Waals surface area contributed by atoms with Crippen LogP contribution >= 0.6 is 0 Å². The molecule has 0 aromatic carbocycles. The van der Waals surface area contributed by atoms with Gasteiger partial charge in [-0.15, -0.1) is 0 Å². The minimum Gasteiger partial charge on any atom is -0.352 e. The van der Waals surface area contributed by atoms with Gasteiger partial charge in [0.15, 0.2) is 5.65 Å². The zero-order valence-electron chi connectivity index (χ0n) is 11.7. The number of hydrogen-bond acceptors (Lipinski definition) is 3. The summed E-state index contributed by atoms with van der Waals surface area (Å²) in [6.07, 6.45) is 4.32. The summed E-state index contributed by atoms with van der Waals surface area (Å²) < 4.78 is 1.81. The molecular weight excluding hydrogens is 240 g/mol. The minimum absolute atomic E-state index is 0.0885. The zero-order valence-corrected chi connectivity index (χ0v) is 11.7. The molecule has 0 atom stereocenters. The number of carbonyl (C=O) groups is 1. The van der Waals surface area contributed by atoms with Crippen molar-refractivity contribution in [1.82, 2.24) is 19.9 Å². The third kappa shape index (κ3) is 3.10. The van der Waals surface area contributed by atoms with Crippen molar-refractivity contribution in [3.8, 4) is 0 Å². The highest BCUT2D eigenvalue weighted by Crippen LogP contribution is 2.11. The number of nitrogens with one attached hydrogen (secondary N) is 1. The Morgan fingerprint density at radius 2 is 2.21 bits per heavy atom. The first-order valence-corrected chi connectivity index (χ1v) is 6.69. The molecule has 0 radical (unpaired) electrons. The molecule has 0 bridgehead atoms. The predicted octanol–water partition coefficient (Wildman–Crippen LogP) is 2.15.